The molecule has 0 aliphatic rings. The first kappa shape index (κ1) is 12.7. The lowest BCUT2D eigenvalue weighted by Gasteiger charge is -2.14. The zero-order valence-corrected chi connectivity index (χ0v) is 8.93. The van der Waals surface area contributed by atoms with Crippen LogP contribution in [0.4, 0.5) is 13.2 Å². The Kier molecular flexibility index (Phi) is 3.70. The number of ketones is 1. The third-order valence-corrected chi connectivity index (χ3v) is 2.50. The Morgan fingerprint density at radius 1 is 1.19 bits per heavy atom. The van der Waals surface area contributed by atoms with E-state index in [1.165, 1.54) is 6.92 Å². The summed E-state index contributed by atoms with van der Waals surface area (Å²) in [6.45, 7) is 3.09. The molecule has 0 aromatic heterocycles. The summed E-state index contributed by atoms with van der Waals surface area (Å²) in [4.78, 5) is 11.7. The Morgan fingerprint density at radius 2 is 1.75 bits per heavy atom. The van der Waals surface area contributed by atoms with Crippen LogP contribution >= 0.6 is 0 Å². The lowest BCUT2D eigenvalue weighted by molar-refractivity contribution is 0.0911. The molecule has 16 heavy (non-hydrogen) atoms. The summed E-state index contributed by atoms with van der Waals surface area (Å²) in [6, 6.07) is 1.16. The standard InChI is InChI=1S/C11H12F3NO/c1-5(6(2)15)11(16)7-3-4-8(12)10(14)9(7)13/h3-6H,15H2,1-2H3. The van der Waals surface area contributed by atoms with E-state index >= 15 is 0 Å². The minimum absolute atomic E-state index is 0.469. The Balaban J connectivity index is 3.15. The molecule has 0 fully saturated rings. The Hall–Kier alpha value is -1.36. The number of hydrogen-bond donors (Lipinski definition) is 1. The van der Waals surface area contributed by atoms with Crippen molar-refractivity contribution in [3.05, 3.63) is 35.1 Å². The Labute approximate surface area is 91.3 Å². The molecule has 0 heterocycles. The molecule has 1 aromatic rings. The molecule has 2 atom stereocenters. The van der Waals surface area contributed by atoms with Gasteiger partial charge in [0.2, 0.25) is 0 Å². The predicted molar refractivity (Wildman–Crippen MR) is 53.5 cm³/mol. The topological polar surface area (TPSA) is 43.1 Å². The molecule has 2 unspecified atom stereocenters. The molecule has 0 saturated heterocycles. The van der Waals surface area contributed by atoms with Crippen molar-refractivity contribution in [1.29, 1.82) is 0 Å². The summed E-state index contributed by atoms with van der Waals surface area (Å²) in [6.07, 6.45) is 0. The van der Waals surface area contributed by atoms with E-state index in [0.717, 1.165) is 12.1 Å². The van der Waals surface area contributed by atoms with Gasteiger partial charge in [0.15, 0.2) is 23.2 Å². The van der Waals surface area contributed by atoms with Crippen molar-refractivity contribution in [2.45, 2.75) is 19.9 Å². The first-order valence-corrected chi connectivity index (χ1v) is 4.79. The van der Waals surface area contributed by atoms with Crippen molar-refractivity contribution >= 4 is 5.78 Å². The molecule has 0 saturated carbocycles. The van der Waals surface area contributed by atoms with E-state index in [0.29, 0.717) is 0 Å². The maximum Gasteiger partial charge on any atom is 0.195 e. The summed E-state index contributed by atoms with van der Waals surface area (Å²) in [5.41, 5.74) is 5.01. The average Bonchev–Trinajstić information content (AvgIpc) is 2.24. The van der Waals surface area contributed by atoms with Crippen LogP contribution in [0.25, 0.3) is 0 Å². The highest BCUT2D eigenvalue weighted by molar-refractivity contribution is 5.98. The first-order chi connectivity index (χ1) is 7.36. The second-order valence-corrected chi connectivity index (χ2v) is 3.73. The highest BCUT2D eigenvalue weighted by Gasteiger charge is 2.24. The fourth-order valence-corrected chi connectivity index (χ4v) is 1.20. The second kappa shape index (κ2) is 4.65. The van der Waals surface area contributed by atoms with Crippen molar-refractivity contribution in [3.63, 3.8) is 0 Å². The number of Topliss-reactive ketones (excluding diaryl/α,β-unsaturated/α-hetero) is 1. The molecular formula is C11H12F3NO. The largest absolute Gasteiger partial charge is 0.327 e. The van der Waals surface area contributed by atoms with Gasteiger partial charge in [-0.25, -0.2) is 13.2 Å². The van der Waals surface area contributed by atoms with Gasteiger partial charge >= 0.3 is 0 Å². The first-order valence-electron chi connectivity index (χ1n) is 4.79. The highest BCUT2D eigenvalue weighted by Crippen LogP contribution is 2.19. The fourth-order valence-electron chi connectivity index (χ4n) is 1.20. The van der Waals surface area contributed by atoms with Gasteiger partial charge in [0, 0.05) is 12.0 Å². The van der Waals surface area contributed by atoms with Crippen molar-refractivity contribution in [2.24, 2.45) is 11.7 Å². The van der Waals surface area contributed by atoms with Crippen LogP contribution in [-0.2, 0) is 0 Å². The molecular weight excluding hydrogens is 219 g/mol. The van der Waals surface area contributed by atoms with Gasteiger partial charge in [0.05, 0.1) is 5.56 Å². The molecule has 1 aromatic carbocycles. The molecule has 0 bridgehead atoms. The van der Waals surface area contributed by atoms with Crippen LogP contribution in [0.15, 0.2) is 12.1 Å². The Morgan fingerprint density at radius 3 is 2.25 bits per heavy atom. The molecule has 2 nitrogen and oxygen atoms in total. The molecule has 0 aliphatic carbocycles. The zero-order valence-electron chi connectivity index (χ0n) is 8.93. The third kappa shape index (κ3) is 2.24. The zero-order chi connectivity index (χ0) is 12.5. The number of carbonyl (C=O) groups excluding carboxylic acids is 1. The van der Waals surface area contributed by atoms with E-state index in [9.17, 15) is 18.0 Å². The number of halogens is 3. The summed E-state index contributed by atoms with van der Waals surface area (Å²) >= 11 is 0. The SMILES string of the molecule is CC(N)C(C)C(=O)c1ccc(F)c(F)c1F. The maximum absolute atomic E-state index is 13.3. The quantitative estimate of drug-likeness (QED) is 0.640. The van der Waals surface area contributed by atoms with Gasteiger partial charge in [-0.05, 0) is 19.1 Å². The lowest BCUT2D eigenvalue weighted by atomic mass is 9.93. The second-order valence-electron chi connectivity index (χ2n) is 3.73. The van der Waals surface area contributed by atoms with Crippen molar-refractivity contribution < 1.29 is 18.0 Å². The molecule has 5 heteroatoms. The summed E-state index contributed by atoms with van der Waals surface area (Å²) < 4.78 is 38.8. The molecule has 2 N–H and O–H groups in total. The summed E-state index contributed by atoms with van der Waals surface area (Å²) in [5.74, 6) is -5.70. The van der Waals surface area contributed by atoms with E-state index in [-0.39, 0.29) is 0 Å². The van der Waals surface area contributed by atoms with Crippen molar-refractivity contribution in [3.8, 4) is 0 Å². The van der Waals surface area contributed by atoms with Gasteiger partial charge in [0.1, 0.15) is 0 Å². The van der Waals surface area contributed by atoms with Crippen LogP contribution in [0.2, 0.25) is 0 Å². The lowest BCUT2D eigenvalue weighted by Crippen LogP contribution is -2.31. The van der Waals surface area contributed by atoms with Crippen LogP contribution in [0.3, 0.4) is 0 Å². The third-order valence-electron chi connectivity index (χ3n) is 2.50. The highest BCUT2D eigenvalue weighted by atomic mass is 19.2. The van der Waals surface area contributed by atoms with E-state index < -0.39 is 40.8 Å². The normalized spacial score (nSPS) is 14.6. The average molecular weight is 231 g/mol. The van der Waals surface area contributed by atoms with Gasteiger partial charge < -0.3 is 5.73 Å². The minimum atomic E-state index is -1.64. The van der Waals surface area contributed by atoms with Crippen molar-refractivity contribution in [2.75, 3.05) is 0 Å². The van der Waals surface area contributed by atoms with E-state index in [2.05, 4.69) is 0 Å². The number of benzene rings is 1. The van der Waals surface area contributed by atoms with Crippen LogP contribution in [0, 0.1) is 23.4 Å². The van der Waals surface area contributed by atoms with E-state index in [1.807, 2.05) is 0 Å². The number of hydrogen-bond acceptors (Lipinski definition) is 2. The molecule has 88 valence electrons. The molecule has 0 amide bonds. The minimum Gasteiger partial charge on any atom is -0.327 e. The molecule has 0 aliphatic heterocycles. The summed E-state index contributed by atoms with van der Waals surface area (Å²) in [7, 11) is 0. The van der Waals surface area contributed by atoms with Crippen LogP contribution < -0.4 is 5.73 Å². The van der Waals surface area contributed by atoms with Gasteiger partial charge in [-0.3, -0.25) is 4.79 Å². The predicted octanol–water partition coefficient (Wildman–Crippen LogP) is 2.27. The van der Waals surface area contributed by atoms with E-state index in [4.69, 9.17) is 5.73 Å². The molecule has 1 rings (SSSR count). The number of carbonyl (C=O) groups is 1. The smallest absolute Gasteiger partial charge is 0.195 e. The van der Waals surface area contributed by atoms with Gasteiger partial charge in [-0.1, -0.05) is 6.92 Å². The van der Waals surface area contributed by atoms with Crippen LogP contribution in [0.1, 0.15) is 24.2 Å². The van der Waals surface area contributed by atoms with Gasteiger partial charge in [-0.2, -0.15) is 0 Å². The fraction of sp³-hybridized carbons (Fsp3) is 0.364. The monoisotopic (exact) mass is 231 g/mol. The van der Waals surface area contributed by atoms with Crippen molar-refractivity contribution in [1.82, 2.24) is 0 Å². The van der Waals surface area contributed by atoms with Crippen LogP contribution in [0.5, 0.6) is 0 Å². The summed E-state index contributed by atoms with van der Waals surface area (Å²) in [5, 5.41) is 0. The number of nitrogens with two attached hydrogens (primary N) is 1. The maximum atomic E-state index is 13.3. The van der Waals surface area contributed by atoms with Gasteiger partial charge in [0.25, 0.3) is 0 Å². The van der Waals surface area contributed by atoms with E-state index in [1.54, 1.807) is 6.92 Å². The Bertz CT molecular complexity index is 418. The van der Waals surface area contributed by atoms with Crippen LogP contribution in [-0.4, -0.2) is 11.8 Å². The molecule has 0 spiro atoms. The number of rotatable bonds is 3. The van der Waals surface area contributed by atoms with Gasteiger partial charge in [-0.15, -0.1) is 0 Å². The molecule has 0 radical (unpaired) electrons.